The van der Waals surface area contributed by atoms with E-state index >= 15 is 0 Å². The Kier molecular flexibility index (Phi) is 4.70. The van der Waals surface area contributed by atoms with Gasteiger partial charge in [0.15, 0.2) is 11.5 Å². The van der Waals surface area contributed by atoms with Crippen LogP contribution in [0, 0.1) is 6.92 Å². The molecule has 1 heterocycles. The fourth-order valence-corrected chi connectivity index (χ4v) is 2.39. The van der Waals surface area contributed by atoms with Gasteiger partial charge in [-0.2, -0.15) is 0 Å². The molecule has 2 N–H and O–H groups in total. The lowest BCUT2D eigenvalue weighted by Crippen LogP contribution is -2.22. The van der Waals surface area contributed by atoms with Gasteiger partial charge >= 0.3 is 6.03 Å². The number of urea groups is 1. The summed E-state index contributed by atoms with van der Waals surface area (Å²) in [6.07, 6.45) is 1.58. The Labute approximate surface area is 145 Å². The number of nitrogens with one attached hydrogen (secondary N) is 2. The molecule has 3 rings (SSSR count). The van der Waals surface area contributed by atoms with Crippen molar-refractivity contribution in [3.05, 3.63) is 64.9 Å². The fourth-order valence-electron chi connectivity index (χ4n) is 2.39. The first-order valence-corrected chi connectivity index (χ1v) is 7.75. The van der Waals surface area contributed by atoms with Crippen molar-refractivity contribution in [3.63, 3.8) is 0 Å². The summed E-state index contributed by atoms with van der Waals surface area (Å²) >= 11 is 0. The standard InChI is InChI=1S/C19H18N2O4/c1-12-3-5-13(6-4-12)11-25-16-8-7-14(10-17(16)24-2)9-15-18(22)21-19(23)20-15/h3-10H,11H2,1-2H3,(H2,20,21,22,23)/b15-9+. The van der Waals surface area contributed by atoms with Crippen molar-refractivity contribution in [1.29, 1.82) is 0 Å². The quantitative estimate of drug-likeness (QED) is 0.649. The lowest BCUT2D eigenvalue weighted by molar-refractivity contribution is -0.115. The van der Waals surface area contributed by atoms with Gasteiger partial charge < -0.3 is 14.8 Å². The molecule has 1 aliphatic rings. The lowest BCUT2D eigenvalue weighted by Gasteiger charge is -2.11. The topological polar surface area (TPSA) is 76.7 Å². The van der Waals surface area contributed by atoms with Crippen LogP contribution in [-0.4, -0.2) is 19.0 Å². The Balaban J connectivity index is 1.75. The van der Waals surface area contributed by atoms with E-state index in [1.807, 2.05) is 31.2 Å². The highest BCUT2D eigenvalue weighted by atomic mass is 16.5. The third-order valence-corrected chi connectivity index (χ3v) is 3.73. The Hall–Kier alpha value is -3.28. The number of amides is 3. The number of hydrogen-bond donors (Lipinski definition) is 2. The van der Waals surface area contributed by atoms with Crippen LogP contribution in [-0.2, 0) is 11.4 Å². The van der Waals surface area contributed by atoms with Crippen molar-refractivity contribution in [2.75, 3.05) is 7.11 Å². The number of imide groups is 1. The largest absolute Gasteiger partial charge is 0.493 e. The normalized spacial score (nSPS) is 15.0. The van der Waals surface area contributed by atoms with E-state index < -0.39 is 11.9 Å². The molecular weight excluding hydrogens is 320 g/mol. The predicted molar refractivity (Wildman–Crippen MR) is 93.2 cm³/mol. The number of carbonyl (C=O) groups excluding carboxylic acids is 2. The number of methoxy groups -OCH3 is 1. The lowest BCUT2D eigenvalue weighted by atomic mass is 10.1. The van der Waals surface area contributed by atoms with E-state index in [1.54, 1.807) is 31.4 Å². The monoisotopic (exact) mass is 338 g/mol. The van der Waals surface area contributed by atoms with Crippen LogP contribution in [0.4, 0.5) is 4.79 Å². The highest BCUT2D eigenvalue weighted by Gasteiger charge is 2.22. The van der Waals surface area contributed by atoms with Gasteiger partial charge in [0.2, 0.25) is 0 Å². The van der Waals surface area contributed by atoms with E-state index in [1.165, 1.54) is 5.56 Å². The van der Waals surface area contributed by atoms with E-state index in [-0.39, 0.29) is 5.70 Å². The minimum atomic E-state index is -0.527. The summed E-state index contributed by atoms with van der Waals surface area (Å²) in [7, 11) is 1.55. The molecule has 0 aromatic heterocycles. The minimum absolute atomic E-state index is 0.195. The van der Waals surface area contributed by atoms with Gasteiger partial charge in [0, 0.05) is 0 Å². The van der Waals surface area contributed by atoms with Crippen molar-refractivity contribution >= 4 is 18.0 Å². The third-order valence-electron chi connectivity index (χ3n) is 3.73. The smallest absolute Gasteiger partial charge is 0.326 e. The summed E-state index contributed by atoms with van der Waals surface area (Å²) in [5.74, 6) is 0.694. The van der Waals surface area contributed by atoms with Gasteiger partial charge in [-0.1, -0.05) is 35.9 Å². The molecule has 25 heavy (non-hydrogen) atoms. The van der Waals surface area contributed by atoms with Crippen molar-refractivity contribution in [2.24, 2.45) is 0 Å². The molecule has 1 aliphatic heterocycles. The van der Waals surface area contributed by atoms with Crippen molar-refractivity contribution in [3.8, 4) is 11.5 Å². The molecule has 1 saturated heterocycles. The van der Waals surface area contributed by atoms with Crippen molar-refractivity contribution < 1.29 is 19.1 Å². The van der Waals surface area contributed by atoms with Gasteiger partial charge in [-0.25, -0.2) is 4.79 Å². The molecule has 3 amide bonds. The Morgan fingerprint density at radius 3 is 2.40 bits per heavy atom. The second kappa shape index (κ2) is 7.09. The number of hydrogen-bond acceptors (Lipinski definition) is 4. The molecule has 0 radical (unpaired) electrons. The van der Waals surface area contributed by atoms with Crippen LogP contribution >= 0.6 is 0 Å². The van der Waals surface area contributed by atoms with Crippen LogP contribution in [0.25, 0.3) is 6.08 Å². The third kappa shape index (κ3) is 3.98. The average Bonchev–Trinajstić information content (AvgIpc) is 2.92. The Bertz CT molecular complexity index is 841. The molecule has 0 aliphatic carbocycles. The van der Waals surface area contributed by atoms with Gasteiger partial charge in [-0.05, 0) is 36.3 Å². The van der Waals surface area contributed by atoms with E-state index in [0.717, 1.165) is 5.56 Å². The molecule has 1 fully saturated rings. The van der Waals surface area contributed by atoms with Crippen LogP contribution in [0.3, 0.4) is 0 Å². The maximum absolute atomic E-state index is 11.6. The summed E-state index contributed by atoms with van der Waals surface area (Å²) in [6, 6.07) is 12.9. The maximum atomic E-state index is 11.6. The summed E-state index contributed by atoms with van der Waals surface area (Å²) in [5.41, 5.74) is 3.17. The maximum Gasteiger partial charge on any atom is 0.326 e. The van der Waals surface area contributed by atoms with Crippen LogP contribution < -0.4 is 20.1 Å². The van der Waals surface area contributed by atoms with E-state index in [9.17, 15) is 9.59 Å². The fraction of sp³-hybridized carbons (Fsp3) is 0.158. The highest BCUT2D eigenvalue weighted by Crippen LogP contribution is 2.29. The number of aryl methyl sites for hydroxylation is 1. The molecule has 2 aromatic rings. The number of carbonyl (C=O) groups is 2. The zero-order valence-electron chi connectivity index (χ0n) is 14.0. The zero-order chi connectivity index (χ0) is 17.8. The molecule has 0 atom stereocenters. The summed E-state index contributed by atoms with van der Waals surface area (Å²) < 4.78 is 11.2. The van der Waals surface area contributed by atoms with Crippen molar-refractivity contribution in [2.45, 2.75) is 13.5 Å². The predicted octanol–water partition coefficient (Wildman–Crippen LogP) is 2.76. The van der Waals surface area contributed by atoms with Crippen molar-refractivity contribution in [1.82, 2.24) is 10.6 Å². The van der Waals surface area contributed by atoms with E-state index in [4.69, 9.17) is 9.47 Å². The Morgan fingerprint density at radius 1 is 1.00 bits per heavy atom. The van der Waals surface area contributed by atoms with E-state index in [2.05, 4.69) is 10.6 Å². The van der Waals surface area contributed by atoms with E-state index in [0.29, 0.717) is 23.7 Å². The molecule has 0 unspecified atom stereocenters. The molecule has 6 heteroatoms. The molecule has 2 aromatic carbocycles. The number of benzene rings is 2. The molecule has 0 saturated carbocycles. The molecule has 0 bridgehead atoms. The molecule has 128 valence electrons. The number of ether oxygens (including phenoxy) is 2. The average molecular weight is 338 g/mol. The van der Waals surface area contributed by atoms with Gasteiger partial charge in [-0.3, -0.25) is 10.1 Å². The first-order chi connectivity index (χ1) is 12.0. The molecule has 6 nitrogen and oxygen atoms in total. The molecular formula is C19H18N2O4. The van der Waals surface area contributed by atoms with Gasteiger partial charge in [0.05, 0.1) is 7.11 Å². The van der Waals surface area contributed by atoms with Crippen LogP contribution in [0.2, 0.25) is 0 Å². The zero-order valence-corrected chi connectivity index (χ0v) is 14.0. The van der Waals surface area contributed by atoms with Crippen LogP contribution in [0.1, 0.15) is 16.7 Å². The highest BCUT2D eigenvalue weighted by molar-refractivity contribution is 6.14. The minimum Gasteiger partial charge on any atom is -0.493 e. The Morgan fingerprint density at radius 2 is 1.76 bits per heavy atom. The summed E-state index contributed by atoms with van der Waals surface area (Å²) in [6.45, 7) is 2.46. The van der Waals surface area contributed by atoms with Crippen LogP contribution in [0.5, 0.6) is 11.5 Å². The first-order valence-electron chi connectivity index (χ1n) is 7.75. The van der Waals surface area contributed by atoms with Gasteiger partial charge in [-0.15, -0.1) is 0 Å². The first kappa shape index (κ1) is 16.6. The summed E-state index contributed by atoms with van der Waals surface area (Å²) in [4.78, 5) is 22.7. The van der Waals surface area contributed by atoms with Gasteiger partial charge in [0.1, 0.15) is 12.3 Å². The summed E-state index contributed by atoms with van der Waals surface area (Å²) in [5, 5.41) is 4.60. The SMILES string of the molecule is COc1cc(/C=C2/NC(=O)NC2=O)ccc1OCc1ccc(C)cc1. The second-order valence-corrected chi connectivity index (χ2v) is 5.65. The second-order valence-electron chi connectivity index (χ2n) is 5.65. The van der Waals surface area contributed by atoms with Crippen LogP contribution in [0.15, 0.2) is 48.2 Å². The molecule has 0 spiro atoms. The number of rotatable bonds is 5. The van der Waals surface area contributed by atoms with Gasteiger partial charge in [0.25, 0.3) is 5.91 Å².